The van der Waals surface area contributed by atoms with Gasteiger partial charge in [-0.25, -0.2) is 13.8 Å². The Hall–Kier alpha value is -0.920. The second kappa shape index (κ2) is 4.30. The van der Waals surface area contributed by atoms with Crippen LogP contribution >= 0.6 is 15.9 Å². The quantitative estimate of drug-likeness (QED) is 0.797. The summed E-state index contributed by atoms with van der Waals surface area (Å²) in [6.07, 6.45) is -1.94. The van der Waals surface area contributed by atoms with Crippen molar-refractivity contribution >= 4 is 15.9 Å². The van der Waals surface area contributed by atoms with Crippen LogP contribution in [0.4, 0.5) is 17.6 Å². The van der Waals surface area contributed by atoms with E-state index in [4.69, 9.17) is 0 Å². The van der Waals surface area contributed by atoms with E-state index < -0.39 is 24.5 Å². The van der Waals surface area contributed by atoms with Gasteiger partial charge in [-0.1, -0.05) is 0 Å². The molecule has 0 aliphatic carbocycles. The number of nitrogens with zero attached hydrogens (tertiary/aromatic N) is 2. The van der Waals surface area contributed by atoms with Crippen LogP contribution in [0.15, 0.2) is 21.8 Å². The Morgan fingerprint density at radius 2 is 2.13 bits per heavy atom. The van der Waals surface area contributed by atoms with Crippen molar-refractivity contribution in [2.45, 2.75) is 18.9 Å². The standard InChI is InChI=1S/C7H5BrF4N2O/c8-4-1-13-3-14(5(4)15)2-7(11,12)6(9)10/h1,3,6H,2H2. The van der Waals surface area contributed by atoms with Crippen LogP contribution in [0.5, 0.6) is 0 Å². The van der Waals surface area contributed by atoms with Crippen molar-refractivity contribution in [3.05, 3.63) is 27.4 Å². The summed E-state index contributed by atoms with van der Waals surface area (Å²) in [5.41, 5.74) is -0.828. The molecule has 1 aromatic heterocycles. The van der Waals surface area contributed by atoms with E-state index in [9.17, 15) is 22.4 Å². The van der Waals surface area contributed by atoms with E-state index in [0.29, 0.717) is 4.57 Å². The zero-order valence-electron chi connectivity index (χ0n) is 7.13. The first-order valence-corrected chi connectivity index (χ1v) is 4.50. The monoisotopic (exact) mass is 288 g/mol. The van der Waals surface area contributed by atoms with Crippen molar-refractivity contribution < 1.29 is 17.6 Å². The van der Waals surface area contributed by atoms with Gasteiger partial charge in [0.05, 0.1) is 12.9 Å². The van der Waals surface area contributed by atoms with Gasteiger partial charge in [0.1, 0.15) is 4.47 Å². The molecule has 0 radical (unpaired) electrons. The number of rotatable bonds is 3. The molecule has 15 heavy (non-hydrogen) atoms. The smallest absolute Gasteiger partial charge is 0.292 e. The minimum atomic E-state index is -4.24. The molecule has 0 unspecified atom stereocenters. The Balaban J connectivity index is 3.00. The van der Waals surface area contributed by atoms with Crippen LogP contribution in [0.3, 0.4) is 0 Å². The Bertz CT molecular complexity index is 406. The lowest BCUT2D eigenvalue weighted by Gasteiger charge is -2.15. The summed E-state index contributed by atoms with van der Waals surface area (Å²) in [6.45, 7) is -1.39. The predicted octanol–water partition coefficient (Wildman–Crippen LogP) is 1.91. The third kappa shape index (κ3) is 2.77. The molecule has 1 rings (SSSR count). The second-order valence-electron chi connectivity index (χ2n) is 2.74. The van der Waals surface area contributed by atoms with Gasteiger partial charge in [-0.2, -0.15) is 8.78 Å². The Labute approximate surface area is 89.9 Å². The molecule has 3 nitrogen and oxygen atoms in total. The van der Waals surface area contributed by atoms with Crippen LogP contribution in [-0.4, -0.2) is 21.9 Å². The van der Waals surface area contributed by atoms with E-state index >= 15 is 0 Å². The molecule has 0 fully saturated rings. The number of alkyl halides is 4. The highest BCUT2D eigenvalue weighted by Crippen LogP contribution is 2.24. The summed E-state index contributed by atoms with van der Waals surface area (Å²) >= 11 is 2.76. The average molecular weight is 289 g/mol. The molecule has 0 aliphatic heterocycles. The van der Waals surface area contributed by atoms with Gasteiger partial charge in [0.15, 0.2) is 0 Å². The molecule has 0 bridgehead atoms. The zero-order chi connectivity index (χ0) is 11.6. The van der Waals surface area contributed by atoms with E-state index in [1.165, 1.54) is 0 Å². The summed E-state index contributed by atoms with van der Waals surface area (Å²) in [5, 5.41) is 0. The van der Waals surface area contributed by atoms with Crippen molar-refractivity contribution in [3.63, 3.8) is 0 Å². The highest BCUT2D eigenvalue weighted by atomic mass is 79.9. The molecule has 1 aromatic rings. The van der Waals surface area contributed by atoms with Crippen LogP contribution in [0.2, 0.25) is 0 Å². The fourth-order valence-electron chi connectivity index (χ4n) is 0.833. The maximum atomic E-state index is 12.6. The van der Waals surface area contributed by atoms with Gasteiger partial charge < -0.3 is 0 Å². The molecule has 0 atom stereocenters. The van der Waals surface area contributed by atoms with Crippen LogP contribution in [0, 0.1) is 0 Å². The molecule has 1 heterocycles. The maximum absolute atomic E-state index is 12.6. The lowest BCUT2D eigenvalue weighted by Crippen LogP contribution is -2.36. The topological polar surface area (TPSA) is 34.9 Å². The first-order chi connectivity index (χ1) is 6.84. The zero-order valence-corrected chi connectivity index (χ0v) is 8.72. The Morgan fingerprint density at radius 1 is 1.53 bits per heavy atom. The van der Waals surface area contributed by atoms with Gasteiger partial charge in [0.2, 0.25) is 0 Å². The molecule has 0 spiro atoms. The van der Waals surface area contributed by atoms with Crippen LogP contribution < -0.4 is 5.56 Å². The fourth-order valence-corrected chi connectivity index (χ4v) is 1.18. The van der Waals surface area contributed by atoms with Crippen molar-refractivity contribution in [1.29, 1.82) is 0 Å². The minimum absolute atomic E-state index is 0.0601. The first kappa shape index (κ1) is 12.2. The minimum Gasteiger partial charge on any atom is -0.292 e. The average Bonchev–Trinajstić information content (AvgIpc) is 2.12. The number of halogens is 5. The predicted molar refractivity (Wildman–Crippen MR) is 47.1 cm³/mol. The van der Waals surface area contributed by atoms with Crippen molar-refractivity contribution in [3.8, 4) is 0 Å². The van der Waals surface area contributed by atoms with Gasteiger partial charge in [0.25, 0.3) is 5.56 Å². The first-order valence-electron chi connectivity index (χ1n) is 3.70. The van der Waals surface area contributed by atoms with Gasteiger partial charge >= 0.3 is 12.3 Å². The summed E-state index contributed by atoms with van der Waals surface area (Å²) in [5.74, 6) is -4.24. The summed E-state index contributed by atoms with van der Waals surface area (Å²) in [7, 11) is 0. The normalized spacial score (nSPS) is 12.1. The largest absolute Gasteiger partial charge is 0.325 e. The molecule has 0 N–H and O–H groups in total. The van der Waals surface area contributed by atoms with E-state index in [1.54, 1.807) is 0 Å². The fraction of sp³-hybridized carbons (Fsp3) is 0.429. The number of hydrogen-bond acceptors (Lipinski definition) is 2. The Kier molecular flexibility index (Phi) is 3.48. The summed E-state index contributed by atoms with van der Waals surface area (Å²) in [6, 6.07) is 0. The lowest BCUT2D eigenvalue weighted by molar-refractivity contribution is -0.138. The molecular formula is C7H5BrF4N2O. The molecule has 0 saturated heterocycles. The van der Waals surface area contributed by atoms with Crippen LogP contribution in [-0.2, 0) is 6.54 Å². The van der Waals surface area contributed by atoms with Crippen molar-refractivity contribution in [2.75, 3.05) is 0 Å². The summed E-state index contributed by atoms with van der Waals surface area (Å²) in [4.78, 5) is 14.6. The number of hydrogen-bond donors (Lipinski definition) is 0. The van der Waals surface area contributed by atoms with Gasteiger partial charge in [-0.05, 0) is 15.9 Å². The highest BCUT2D eigenvalue weighted by Gasteiger charge is 2.41. The van der Waals surface area contributed by atoms with E-state index in [-0.39, 0.29) is 4.47 Å². The third-order valence-electron chi connectivity index (χ3n) is 1.56. The highest BCUT2D eigenvalue weighted by molar-refractivity contribution is 9.10. The van der Waals surface area contributed by atoms with Crippen molar-refractivity contribution in [1.82, 2.24) is 9.55 Å². The second-order valence-corrected chi connectivity index (χ2v) is 3.59. The molecule has 0 amide bonds. The Morgan fingerprint density at radius 3 is 2.67 bits per heavy atom. The summed E-state index contributed by atoms with van der Waals surface area (Å²) < 4.78 is 49.2. The maximum Gasteiger partial charge on any atom is 0.325 e. The van der Waals surface area contributed by atoms with Gasteiger partial charge in [-0.3, -0.25) is 9.36 Å². The molecular weight excluding hydrogens is 284 g/mol. The van der Waals surface area contributed by atoms with E-state index in [1.807, 2.05) is 0 Å². The SMILES string of the molecule is O=c1c(Br)cncn1CC(F)(F)C(F)F. The van der Waals surface area contributed by atoms with Crippen LogP contribution in [0.1, 0.15) is 0 Å². The number of aromatic nitrogens is 2. The van der Waals surface area contributed by atoms with Crippen LogP contribution in [0.25, 0.3) is 0 Å². The third-order valence-corrected chi connectivity index (χ3v) is 2.10. The molecule has 0 aromatic carbocycles. The van der Waals surface area contributed by atoms with E-state index in [0.717, 1.165) is 12.5 Å². The molecule has 0 aliphatic rings. The molecule has 0 saturated carbocycles. The van der Waals surface area contributed by atoms with Crippen molar-refractivity contribution in [2.24, 2.45) is 0 Å². The lowest BCUT2D eigenvalue weighted by atomic mass is 10.3. The van der Waals surface area contributed by atoms with Gasteiger partial charge in [-0.15, -0.1) is 0 Å². The van der Waals surface area contributed by atoms with Gasteiger partial charge in [0, 0.05) is 6.20 Å². The molecule has 8 heteroatoms. The molecule has 84 valence electrons. The van der Waals surface area contributed by atoms with E-state index in [2.05, 4.69) is 20.9 Å².